The molecule has 0 bridgehead atoms. The monoisotopic (exact) mass is 185 g/mol. The largest absolute Gasteiger partial charge is 0.746 e. The standard InChI is InChI=1S/C4H11FO3SSi/c1-10(2,3)4(5)9(6,7)8/h4H,1-3H3,(H,6,7,8)/p-1. The van der Waals surface area contributed by atoms with Crippen molar-refractivity contribution in [2.24, 2.45) is 0 Å². The first-order valence-electron chi connectivity index (χ1n) is 2.74. The second-order valence-corrected chi connectivity index (χ2v) is 10.2. The van der Waals surface area contributed by atoms with Crippen molar-refractivity contribution in [3.05, 3.63) is 0 Å². The minimum absolute atomic E-state index is 1.49. The molecule has 10 heavy (non-hydrogen) atoms. The molecule has 1 unspecified atom stereocenters. The normalized spacial score (nSPS) is 16.9. The van der Waals surface area contributed by atoms with Gasteiger partial charge in [0.15, 0.2) is 5.13 Å². The van der Waals surface area contributed by atoms with E-state index in [1.807, 2.05) is 0 Å². The number of rotatable bonds is 2. The van der Waals surface area contributed by atoms with Gasteiger partial charge >= 0.3 is 0 Å². The summed E-state index contributed by atoms with van der Waals surface area (Å²) in [7, 11) is -7.18. The van der Waals surface area contributed by atoms with Crippen LogP contribution in [0.5, 0.6) is 0 Å². The molecule has 0 amide bonds. The average Bonchev–Trinajstić information content (AvgIpc) is 1.59. The molecule has 0 heterocycles. The van der Waals surface area contributed by atoms with Crippen LogP contribution in [0.3, 0.4) is 0 Å². The molecule has 0 aliphatic carbocycles. The maximum Gasteiger partial charge on any atom is 0.175 e. The third-order valence-electron chi connectivity index (χ3n) is 0.934. The summed E-state index contributed by atoms with van der Waals surface area (Å²) in [5, 5.41) is -2.18. The van der Waals surface area contributed by atoms with Gasteiger partial charge in [0.05, 0.1) is 0 Å². The minimum atomic E-state index is -4.72. The maximum absolute atomic E-state index is 12.6. The number of hydrogen-bond donors (Lipinski definition) is 0. The average molecular weight is 185 g/mol. The van der Waals surface area contributed by atoms with Gasteiger partial charge in [0.25, 0.3) is 0 Å². The Bertz CT molecular complexity index is 205. The molecular weight excluding hydrogens is 175 g/mol. The molecule has 0 spiro atoms. The van der Waals surface area contributed by atoms with Crippen molar-refractivity contribution < 1.29 is 17.4 Å². The van der Waals surface area contributed by atoms with E-state index in [0.717, 1.165) is 0 Å². The Hall–Kier alpha value is 0.0569. The van der Waals surface area contributed by atoms with E-state index in [0.29, 0.717) is 0 Å². The molecule has 0 N–H and O–H groups in total. The molecule has 0 radical (unpaired) electrons. The zero-order chi connectivity index (χ0) is 8.58. The Balaban J connectivity index is 4.56. The molecule has 1 atom stereocenters. The highest BCUT2D eigenvalue weighted by molar-refractivity contribution is 7.88. The number of alkyl halides is 1. The minimum Gasteiger partial charge on any atom is -0.746 e. The molecular formula is C4H10FO3SSi-. The smallest absolute Gasteiger partial charge is 0.175 e. The highest BCUT2D eigenvalue weighted by Crippen LogP contribution is 2.15. The summed E-state index contributed by atoms with van der Waals surface area (Å²) >= 11 is 0. The van der Waals surface area contributed by atoms with Crippen LogP contribution in [-0.2, 0) is 10.1 Å². The van der Waals surface area contributed by atoms with E-state index in [2.05, 4.69) is 0 Å². The first kappa shape index (κ1) is 10.1. The lowest BCUT2D eigenvalue weighted by atomic mass is 11.7. The van der Waals surface area contributed by atoms with E-state index in [9.17, 15) is 17.4 Å². The fourth-order valence-corrected chi connectivity index (χ4v) is 3.90. The van der Waals surface area contributed by atoms with Gasteiger partial charge in [0.2, 0.25) is 0 Å². The highest BCUT2D eigenvalue weighted by Gasteiger charge is 2.31. The van der Waals surface area contributed by atoms with Crippen LogP contribution in [0.2, 0.25) is 19.6 Å². The summed E-state index contributed by atoms with van der Waals surface area (Å²) in [6.07, 6.45) is 0. The zero-order valence-electron chi connectivity index (χ0n) is 6.09. The molecule has 0 aliphatic rings. The first-order chi connectivity index (χ1) is 4.15. The molecule has 0 rings (SSSR count). The van der Waals surface area contributed by atoms with Crippen LogP contribution in [0.4, 0.5) is 4.39 Å². The fraction of sp³-hybridized carbons (Fsp3) is 1.00. The molecule has 6 heteroatoms. The van der Waals surface area contributed by atoms with Crippen molar-refractivity contribution in [1.29, 1.82) is 0 Å². The van der Waals surface area contributed by atoms with Crippen LogP contribution < -0.4 is 0 Å². The van der Waals surface area contributed by atoms with Crippen molar-refractivity contribution in [2.45, 2.75) is 24.8 Å². The second-order valence-electron chi connectivity index (χ2n) is 3.17. The van der Waals surface area contributed by atoms with Crippen LogP contribution in [0.25, 0.3) is 0 Å². The molecule has 0 aromatic rings. The summed E-state index contributed by atoms with van der Waals surface area (Å²) in [6, 6.07) is 0. The number of halogens is 1. The topological polar surface area (TPSA) is 57.2 Å². The maximum atomic E-state index is 12.6. The quantitative estimate of drug-likeness (QED) is 0.470. The lowest BCUT2D eigenvalue weighted by Crippen LogP contribution is -2.40. The summed E-state index contributed by atoms with van der Waals surface area (Å²) in [6.45, 7) is 4.48. The van der Waals surface area contributed by atoms with Gasteiger partial charge in [-0.1, -0.05) is 19.6 Å². The van der Waals surface area contributed by atoms with E-state index in [1.54, 1.807) is 0 Å². The van der Waals surface area contributed by atoms with Gasteiger partial charge < -0.3 is 4.55 Å². The van der Waals surface area contributed by atoms with Crippen molar-refractivity contribution in [2.75, 3.05) is 0 Å². The summed E-state index contributed by atoms with van der Waals surface area (Å²) in [5.74, 6) is 0. The van der Waals surface area contributed by atoms with Gasteiger partial charge in [-0.15, -0.1) is 0 Å². The van der Waals surface area contributed by atoms with Gasteiger partial charge in [0.1, 0.15) is 18.2 Å². The number of hydrogen-bond acceptors (Lipinski definition) is 3. The second kappa shape index (κ2) is 2.59. The Kier molecular flexibility index (Phi) is 2.61. The van der Waals surface area contributed by atoms with Crippen LogP contribution in [0, 0.1) is 0 Å². The molecule has 0 aliphatic heterocycles. The summed E-state index contributed by atoms with van der Waals surface area (Å²) in [5.41, 5.74) is 0. The van der Waals surface area contributed by atoms with Crippen molar-refractivity contribution in [1.82, 2.24) is 0 Å². The third kappa shape index (κ3) is 2.76. The SMILES string of the molecule is C[Si](C)(C)C(F)S(=O)(=O)[O-]. The molecule has 0 saturated carbocycles. The Morgan fingerprint density at radius 1 is 1.40 bits per heavy atom. The summed E-state index contributed by atoms with van der Waals surface area (Å²) in [4.78, 5) is 0. The third-order valence-corrected chi connectivity index (χ3v) is 5.79. The summed E-state index contributed by atoms with van der Waals surface area (Å²) < 4.78 is 42.8. The molecule has 0 fully saturated rings. The zero-order valence-corrected chi connectivity index (χ0v) is 7.90. The van der Waals surface area contributed by atoms with Gasteiger partial charge in [-0.05, 0) is 0 Å². The molecule has 0 saturated heterocycles. The van der Waals surface area contributed by atoms with Crippen LogP contribution in [0.1, 0.15) is 0 Å². The van der Waals surface area contributed by atoms with E-state index in [4.69, 9.17) is 0 Å². The molecule has 0 aromatic carbocycles. The van der Waals surface area contributed by atoms with Gasteiger partial charge in [-0.25, -0.2) is 12.8 Å². The first-order valence-corrected chi connectivity index (χ1v) is 7.79. The lowest BCUT2D eigenvalue weighted by Gasteiger charge is -2.23. The Morgan fingerprint density at radius 2 is 1.70 bits per heavy atom. The van der Waals surface area contributed by atoms with Gasteiger partial charge in [-0.2, -0.15) is 0 Å². The Morgan fingerprint density at radius 3 is 1.70 bits per heavy atom. The molecule has 3 nitrogen and oxygen atoms in total. The molecule has 0 aromatic heterocycles. The predicted octanol–water partition coefficient (Wildman–Crippen LogP) is 0.705. The predicted molar refractivity (Wildman–Crippen MR) is 37.9 cm³/mol. The Labute approximate surface area is 61.0 Å². The van der Waals surface area contributed by atoms with Crippen molar-refractivity contribution in [3.8, 4) is 0 Å². The lowest BCUT2D eigenvalue weighted by molar-refractivity contribution is 0.409. The molecule has 62 valence electrons. The van der Waals surface area contributed by atoms with Crippen molar-refractivity contribution >= 4 is 18.2 Å². The van der Waals surface area contributed by atoms with Crippen LogP contribution in [0.15, 0.2) is 0 Å². The van der Waals surface area contributed by atoms with E-state index in [-0.39, 0.29) is 0 Å². The fourth-order valence-electron chi connectivity index (χ4n) is 0.433. The van der Waals surface area contributed by atoms with Gasteiger partial charge in [-0.3, -0.25) is 0 Å². The highest BCUT2D eigenvalue weighted by atomic mass is 32.2. The van der Waals surface area contributed by atoms with Crippen molar-refractivity contribution in [3.63, 3.8) is 0 Å². The van der Waals surface area contributed by atoms with Crippen LogP contribution >= 0.6 is 0 Å². The van der Waals surface area contributed by atoms with Crippen LogP contribution in [-0.4, -0.2) is 26.2 Å². The van der Waals surface area contributed by atoms with E-state index >= 15 is 0 Å². The van der Waals surface area contributed by atoms with E-state index < -0.39 is 23.3 Å². The van der Waals surface area contributed by atoms with E-state index in [1.165, 1.54) is 19.6 Å². The van der Waals surface area contributed by atoms with Gasteiger partial charge in [0, 0.05) is 0 Å².